The second-order valence-corrected chi connectivity index (χ2v) is 2.90. The van der Waals surface area contributed by atoms with Gasteiger partial charge in [-0.15, -0.1) is 0 Å². The van der Waals surface area contributed by atoms with Gasteiger partial charge < -0.3 is 24.6 Å². The Balaban J connectivity index is 2.56. The lowest BCUT2D eigenvalue weighted by Crippen LogP contribution is -2.34. The normalized spacial score (nSPS) is 13.1. The highest BCUT2D eigenvalue weighted by atomic mass is 16.7. The van der Waals surface area contributed by atoms with E-state index in [1.54, 1.807) is 12.1 Å². The molecule has 0 bridgehead atoms. The Morgan fingerprint density at radius 3 is 2.71 bits per heavy atom. The van der Waals surface area contributed by atoms with Gasteiger partial charge in [0.25, 0.3) is 0 Å². The third-order valence-electron chi connectivity index (χ3n) is 2.10. The van der Waals surface area contributed by atoms with E-state index >= 15 is 0 Å². The Bertz CT molecular complexity index is 352. The Labute approximate surface area is 80.7 Å². The lowest BCUT2D eigenvalue weighted by atomic mass is 9.76. The highest BCUT2D eigenvalue weighted by molar-refractivity contribution is 6.60. The molecule has 1 heterocycles. The summed E-state index contributed by atoms with van der Waals surface area (Å²) in [7, 11) is -1.67. The molecule has 5 nitrogen and oxygen atoms in total. The molecule has 0 aliphatic carbocycles. The minimum Gasteiger partial charge on any atom is -0.454 e. The van der Waals surface area contributed by atoms with Crippen LogP contribution in [0.5, 0.6) is 11.5 Å². The molecule has 6 heteroatoms. The quantitative estimate of drug-likeness (QED) is 0.506. The number of ether oxygens (including phenoxy) is 2. The first-order valence-electron chi connectivity index (χ1n) is 4.12. The van der Waals surface area contributed by atoms with Crippen molar-refractivity contribution in [3.05, 3.63) is 17.7 Å². The molecule has 0 fully saturated rings. The van der Waals surface area contributed by atoms with Crippen LogP contribution in [0.25, 0.3) is 0 Å². The molecule has 0 saturated carbocycles. The van der Waals surface area contributed by atoms with Crippen LogP contribution in [0.3, 0.4) is 0 Å². The van der Waals surface area contributed by atoms with E-state index in [2.05, 4.69) is 0 Å². The summed E-state index contributed by atoms with van der Waals surface area (Å²) in [5, 5.41) is 27.2. The largest absolute Gasteiger partial charge is 0.492 e. The van der Waals surface area contributed by atoms with Gasteiger partial charge in [-0.25, -0.2) is 0 Å². The third-order valence-corrected chi connectivity index (χ3v) is 2.10. The molecule has 0 unspecified atom stereocenters. The predicted octanol–water partition coefficient (Wildman–Crippen LogP) is -1.41. The fourth-order valence-corrected chi connectivity index (χ4v) is 1.46. The van der Waals surface area contributed by atoms with Crippen LogP contribution >= 0.6 is 0 Å². The summed E-state index contributed by atoms with van der Waals surface area (Å²) in [6.45, 7) is -0.215. The monoisotopic (exact) mass is 196 g/mol. The molecule has 0 aromatic heterocycles. The van der Waals surface area contributed by atoms with Crippen LogP contribution in [0, 0.1) is 0 Å². The van der Waals surface area contributed by atoms with Gasteiger partial charge in [-0.3, -0.25) is 0 Å². The molecule has 0 atom stereocenters. The van der Waals surface area contributed by atoms with Crippen molar-refractivity contribution in [2.45, 2.75) is 6.61 Å². The lowest BCUT2D eigenvalue weighted by molar-refractivity contribution is 0.174. The summed E-state index contributed by atoms with van der Waals surface area (Å²) < 4.78 is 10.1. The standard InChI is InChI=1S/C8H9BO5/c10-3-5-1-2-6-8(14-4-13-6)7(5)9(11)12/h1-2,10-12H,3-4H2. The summed E-state index contributed by atoms with van der Waals surface area (Å²) >= 11 is 0. The van der Waals surface area contributed by atoms with Crippen molar-refractivity contribution in [1.29, 1.82) is 0 Å². The van der Waals surface area contributed by atoms with Gasteiger partial charge in [-0.05, 0) is 11.6 Å². The lowest BCUT2D eigenvalue weighted by Gasteiger charge is -2.09. The molecule has 0 spiro atoms. The van der Waals surface area contributed by atoms with E-state index in [0.29, 0.717) is 17.1 Å². The molecule has 74 valence electrons. The zero-order valence-electron chi connectivity index (χ0n) is 7.30. The topological polar surface area (TPSA) is 79.2 Å². The molecular weight excluding hydrogens is 187 g/mol. The Kier molecular flexibility index (Phi) is 2.32. The van der Waals surface area contributed by atoms with E-state index < -0.39 is 7.12 Å². The van der Waals surface area contributed by atoms with Crippen molar-refractivity contribution < 1.29 is 24.6 Å². The molecule has 3 N–H and O–H groups in total. The van der Waals surface area contributed by atoms with E-state index in [4.69, 9.17) is 24.6 Å². The smallest absolute Gasteiger partial charge is 0.454 e. The SMILES string of the molecule is OCc1ccc2c(c1B(O)O)OCO2. The number of benzene rings is 1. The van der Waals surface area contributed by atoms with Crippen LogP contribution in [0.1, 0.15) is 5.56 Å². The maximum atomic E-state index is 9.11. The number of fused-ring (bicyclic) bond motifs is 1. The zero-order valence-corrected chi connectivity index (χ0v) is 7.30. The average Bonchev–Trinajstić information content (AvgIpc) is 2.62. The van der Waals surface area contributed by atoms with Crippen LogP contribution in [-0.4, -0.2) is 29.1 Å². The predicted molar refractivity (Wildman–Crippen MR) is 48.3 cm³/mol. The van der Waals surface area contributed by atoms with Gasteiger partial charge in [0.15, 0.2) is 11.5 Å². The molecule has 0 amide bonds. The van der Waals surface area contributed by atoms with Gasteiger partial charge in [0.2, 0.25) is 6.79 Å². The molecule has 2 rings (SSSR count). The Morgan fingerprint density at radius 1 is 1.29 bits per heavy atom. The van der Waals surface area contributed by atoms with Crippen molar-refractivity contribution in [3.63, 3.8) is 0 Å². The average molecular weight is 196 g/mol. The third kappa shape index (κ3) is 1.33. The van der Waals surface area contributed by atoms with Crippen LogP contribution in [-0.2, 0) is 6.61 Å². The van der Waals surface area contributed by atoms with E-state index in [1.165, 1.54) is 0 Å². The van der Waals surface area contributed by atoms with E-state index in [1.807, 2.05) is 0 Å². The number of hydrogen-bond acceptors (Lipinski definition) is 5. The second-order valence-electron chi connectivity index (χ2n) is 2.90. The molecule has 0 radical (unpaired) electrons. The number of hydrogen-bond donors (Lipinski definition) is 3. The van der Waals surface area contributed by atoms with Gasteiger partial charge in [0.05, 0.1) is 6.61 Å². The summed E-state index contributed by atoms with van der Waals surface area (Å²) in [5.41, 5.74) is 0.590. The fourth-order valence-electron chi connectivity index (χ4n) is 1.46. The van der Waals surface area contributed by atoms with Crippen LogP contribution < -0.4 is 14.9 Å². The zero-order chi connectivity index (χ0) is 10.1. The van der Waals surface area contributed by atoms with Crippen molar-refractivity contribution >= 4 is 12.6 Å². The maximum Gasteiger partial charge on any atom is 0.492 e. The van der Waals surface area contributed by atoms with E-state index in [9.17, 15) is 0 Å². The highest BCUT2D eigenvalue weighted by Gasteiger charge is 2.27. The molecule has 1 aliphatic rings. The minimum atomic E-state index is -1.67. The number of aliphatic hydroxyl groups is 1. The van der Waals surface area contributed by atoms with Gasteiger partial charge in [-0.2, -0.15) is 0 Å². The highest BCUT2D eigenvalue weighted by Crippen LogP contribution is 2.30. The fraction of sp³-hybridized carbons (Fsp3) is 0.250. The summed E-state index contributed by atoms with van der Waals surface area (Å²) in [5.74, 6) is 0.761. The van der Waals surface area contributed by atoms with Crippen molar-refractivity contribution in [1.82, 2.24) is 0 Å². The van der Waals surface area contributed by atoms with E-state index in [-0.39, 0.29) is 18.9 Å². The Hall–Kier alpha value is -1.24. The number of aliphatic hydroxyl groups excluding tert-OH is 1. The second kappa shape index (κ2) is 3.49. The van der Waals surface area contributed by atoms with Gasteiger partial charge in [0, 0.05) is 5.46 Å². The molecular formula is C8H9BO5. The molecule has 1 aliphatic heterocycles. The first-order valence-corrected chi connectivity index (χ1v) is 4.12. The Morgan fingerprint density at radius 2 is 2.07 bits per heavy atom. The van der Waals surface area contributed by atoms with Gasteiger partial charge in [0.1, 0.15) is 0 Å². The van der Waals surface area contributed by atoms with E-state index in [0.717, 1.165) is 0 Å². The minimum absolute atomic E-state index is 0.0595. The van der Waals surface area contributed by atoms with Crippen molar-refractivity contribution in [2.75, 3.05) is 6.79 Å². The first kappa shape index (κ1) is 9.33. The van der Waals surface area contributed by atoms with Gasteiger partial charge in [-0.1, -0.05) is 6.07 Å². The van der Waals surface area contributed by atoms with Crippen LogP contribution in [0.2, 0.25) is 0 Å². The van der Waals surface area contributed by atoms with Crippen LogP contribution in [0.4, 0.5) is 0 Å². The number of rotatable bonds is 2. The maximum absolute atomic E-state index is 9.11. The molecule has 0 saturated heterocycles. The van der Waals surface area contributed by atoms with Crippen molar-refractivity contribution in [2.24, 2.45) is 0 Å². The molecule has 14 heavy (non-hydrogen) atoms. The van der Waals surface area contributed by atoms with Gasteiger partial charge >= 0.3 is 7.12 Å². The molecule has 1 aromatic carbocycles. The molecule has 1 aromatic rings. The summed E-state index contributed by atoms with van der Waals surface area (Å²) in [6.07, 6.45) is 0. The summed E-state index contributed by atoms with van der Waals surface area (Å²) in [6, 6.07) is 3.20. The van der Waals surface area contributed by atoms with Crippen molar-refractivity contribution in [3.8, 4) is 11.5 Å². The summed E-state index contributed by atoms with van der Waals surface area (Å²) in [4.78, 5) is 0. The first-order chi connectivity index (χ1) is 6.74. The van der Waals surface area contributed by atoms with Crippen LogP contribution in [0.15, 0.2) is 12.1 Å².